The van der Waals surface area contributed by atoms with Crippen molar-refractivity contribution in [1.29, 1.82) is 0 Å². The van der Waals surface area contributed by atoms with Crippen molar-refractivity contribution >= 4 is 29.1 Å². The summed E-state index contributed by atoms with van der Waals surface area (Å²) in [7, 11) is 0. The molecule has 0 spiro atoms. The van der Waals surface area contributed by atoms with Gasteiger partial charge in [0.15, 0.2) is 11.6 Å². The standard InChI is InChI=1S/C24H22N2O4/c1-14(27)15-9-11-17(12-10-15)26-23(29)19-18-8-5-13-25(18)21(20(19)24(26)30)22(28)16-6-3-2-4-7-16/h2-4,6-7,9-12,18-21H,5,8,13H2,1H3/t18-,19-,20-,21+/m0/s1. The highest BCUT2D eigenvalue weighted by atomic mass is 16.2. The first-order valence-electron chi connectivity index (χ1n) is 10.3. The molecule has 6 heteroatoms. The van der Waals surface area contributed by atoms with E-state index in [1.165, 1.54) is 11.8 Å². The monoisotopic (exact) mass is 402 g/mol. The van der Waals surface area contributed by atoms with Crippen molar-refractivity contribution < 1.29 is 19.2 Å². The highest BCUT2D eigenvalue weighted by Crippen LogP contribution is 2.48. The number of carbonyl (C=O) groups is 4. The summed E-state index contributed by atoms with van der Waals surface area (Å²) in [5.41, 5.74) is 1.55. The molecule has 3 fully saturated rings. The number of nitrogens with zero attached hydrogens (tertiary/aromatic N) is 2. The maximum absolute atomic E-state index is 13.5. The summed E-state index contributed by atoms with van der Waals surface area (Å²) in [5, 5.41) is 0. The number of hydrogen-bond acceptors (Lipinski definition) is 5. The fraction of sp³-hybridized carbons (Fsp3) is 0.333. The van der Waals surface area contributed by atoms with E-state index in [0.29, 0.717) is 16.8 Å². The molecule has 5 rings (SSSR count). The number of imide groups is 1. The molecule has 0 radical (unpaired) electrons. The number of hydrogen-bond donors (Lipinski definition) is 0. The highest BCUT2D eigenvalue weighted by molar-refractivity contribution is 6.24. The van der Waals surface area contributed by atoms with Crippen LogP contribution < -0.4 is 4.90 Å². The van der Waals surface area contributed by atoms with Crippen molar-refractivity contribution in [2.75, 3.05) is 11.4 Å². The molecule has 3 heterocycles. The topological polar surface area (TPSA) is 74.8 Å². The SMILES string of the molecule is CC(=O)c1ccc(N2C(=O)[C@@H]3[C@H](C2=O)[C@H](C(=O)c2ccccc2)N2CCC[C@@H]32)cc1. The number of rotatable bonds is 4. The van der Waals surface area contributed by atoms with Gasteiger partial charge in [0.25, 0.3) is 0 Å². The Bertz CT molecular complexity index is 1050. The lowest BCUT2D eigenvalue weighted by atomic mass is 9.85. The van der Waals surface area contributed by atoms with Gasteiger partial charge in [0, 0.05) is 17.2 Å². The first kappa shape index (κ1) is 18.9. The van der Waals surface area contributed by atoms with E-state index in [1.807, 2.05) is 18.2 Å². The zero-order chi connectivity index (χ0) is 21.0. The third-order valence-corrected chi connectivity index (χ3v) is 6.71. The minimum atomic E-state index is -0.664. The molecule has 152 valence electrons. The summed E-state index contributed by atoms with van der Waals surface area (Å²) in [6.07, 6.45) is 1.73. The third kappa shape index (κ3) is 2.67. The summed E-state index contributed by atoms with van der Waals surface area (Å²) < 4.78 is 0. The summed E-state index contributed by atoms with van der Waals surface area (Å²) >= 11 is 0. The molecule has 4 atom stereocenters. The zero-order valence-electron chi connectivity index (χ0n) is 16.7. The highest BCUT2D eigenvalue weighted by Gasteiger charge is 2.64. The third-order valence-electron chi connectivity index (χ3n) is 6.71. The summed E-state index contributed by atoms with van der Waals surface area (Å²) in [6, 6.07) is 14.8. The van der Waals surface area contributed by atoms with Crippen molar-refractivity contribution in [3.63, 3.8) is 0 Å². The van der Waals surface area contributed by atoms with E-state index in [9.17, 15) is 19.2 Å². The van der Waals surface area contributed by atoms with Gasteiger partial charge in [-0.15, -0.1) is 0 Å². The van der Waals surface area contributed by atoms with Crippen LogP contribution in [0.5, 0.6) is 0 Å². The van der Waals surface area contributed by atoms with Gasteiger partial charge in [-0.2, -0.15) is 0 Å². The molecular formula is C24H22N2O4. The Morgan fingerprint density at radius 1 is 0.867 bits per heavy atom. The number of anilines is 1. The normalized spacial score (nSPS) is 28.0. The quantitative estimate of drug-likeness (QED) is 0.581. The largest absolute Gasteiger partial charge is 0.295 e. The van der Waals surface area contributed by atoms with Gasteiger partial charge in [-0.05, 0) is 50.6 Å². The number of ketones is 2. The number of fused-ring (bicyclic) bond motifs is 3. The molecule has 0 bridgehead atoms. The lowest BCUT2D eigenvalue weighted by Gasteiger charge is -2.27. The van der Waals surface area contributed by atoms with Crippen LogP contribution >= 0.6 is 0 Å². The van der Waals surface area contributed by atoms with Crippen LogP contribution in [0.1, 0.15) is 40.5 Å². The van der Waals surface area contributed by atoms with Gasteiger partial charge in [0.2, 0.25) is 11.8 Å². The molecule has 0 N–H and O–H groups in total. The van der Waals surface area contributed by atoms with Crippen LogP contribution in [0.3, 0.4) is 0 Å². The number of amides is 2. The van der Waals surface area contributed by atoms with E-state index in [4.69, 9.17) is 0 Å². The zero-order valence-corrected chi connectivity index (χ0v) is 16.7. The number of Topliss-reactive ketones (excluding diaryl/α,β-unsaturated/α-hetero) is 2. The average Bonchev–Trinajstić information content (AvgIpc) is 3.40. The van der Waals surface area contributed by atoms with Crippen LogP contribution in [0.25, 0.3) is 0 Å². The van der Waals surface area contributed by atoms with Gasteiger partial charge in [0.1, 0.15) is 0 Å². The van der Waals surface area contributed by atoms with Crippen LogP contribution in [0.15, 0.2) is 54.6 Å². The van der Waals surface area contributed by atoms with E-state index in [0.717, 1.165) is 19.4 Å². The van der Waals surface area contributed by atoms with Crippen molar-refractivity contribution in [1.82, 2.24) is 4.90 Å². The molecule has 2 amide bonds. The Labute approximate surface area is 174 Å². The Balaban J connectivity index is 1.52. The van der Waals surface area contributed by atoms with Gasteiger partial charge >= 0.3 is 0 Å². The predicted octanol–water partition coefficient (Wildman–Crippen LogP) is 2.72. The molecule has 0 aliphatic carbocycles. The van der Waals surface area contributed by atoms with E-state index in [1.54, 1.807) is 36.4 Å². The van der Waals surface area contributed by atoms with Crippen LogP contribution in [-0.2, 0) is 9.59 Å². The average molecular weight is 402 g/mol. The van der Waals surface area contributed by atoms with Crippen LogP contribution in [0.4, 0.5) is 5.69 Å². The fourth-order valence-corrected chi connectivity index (χ4v) is 5.39. The molecule has 6 nitrogen and oxygen atoms in total. The molecule has 3 aliphatic rings. The molecule has 0 aromatic heterocycles. The minimum absolute atomic E-state index is 0.0763. The molecule has 30 heavy (non-hydrogen) atoms. The van der Waals surface area contributed by atoms with Gasteiger partial charge in [-0.1, -0.05) is 30.3 Å². The Morgan fingerprint density at radius 2 is 1.53 bits per heavy atom. The fourth-order valence-electron chi connectivity index (χ4n) is 5.39. The smallest absolute Gasteiger partial charge is 0.239 e. The van der Waals surface area contributed by atoms with E-state index in [2.05, 4.69) is 4.90 Å². The second-order valence-electron chi connectivity index (χ2n) is 8.29. The molecule has 0 saturated carbocycles. The second-order valence-corrected chi connectivity index (χ2v) is 8.29. The second kappa shape index (κ2) is 6.99. The first-order valence-corrected chi connectivity index (χ1v) is 10.3. The first-order chi connectivity index (χ1) is 14.5. The van der Waals surface area contributed by atoms with Gasteiger partial charge < -0.3 is 0 Å². The van der Waals surface area contributed by atoms with Crippen molar-refractivity contribution in [3.8, 4) is 0 Å². The molecule has 0 unspecified atom stereocenters. The van der Waals surface area contributed by atoms with E-state index >= 15 is 0 Å². The molecule has 2 aromatic rings. The molecule has 3 saturated heterocycles. The van der Waals surface area contributed by atoms with Gasteiger partial charge in [-0.25, -0.2) is 4.90 Å². The van der Waals surface area contributed by atoms with Gasteiger partial charge in [0.05, 0.1) is 23.6 Å². The van der Waals surface area contributed by atoms with Crippen molar-refractivity contribution in [3.05, 3.63) is 65.7 Å². The van der Waals surface area contributed by atoms with Gasteiger partial charge in [-0.3, -0.25) is 24.1 Å². The van der Waals surface area contributed by atoms with Crippen LogP contribution in [0, 0.1) is 11.8 Å². The molecular weight excluding hydrogens is 380 g/mol. The lowest BCUT2D eigenvalue weighted by molar-refractivity contribution is -0.123. The Kier molecular flexibility index (Phi) is 4.40. The van der Waals surface area contributed by atoms with E-state index in [-0.39, 0.29) is 29.4 Å². The number of carbonyl (C=O) groups excluding carboxylic acids is 4. The number of benzene rings is 2. The summed E-state index contributed by atoms with van der Waals surface area (Å²) in [4.78, 5) is 55.1. The predicted molar refractivity (Wildman–Crippen MR) is 110 cm³/mol. The van der Waals surface area contributed by atoms with Crippen molar-refractivity contribution in [2.24, 2.45) is 11.8 Å². The van der Waals surface area contributed by atoms with E-state index < -0.39 is 17.9 Å². The maximum atomic E-state index is 13.5. The van der Waals surface area contributed by atoms with Crippen molar-refractivity contribution in [2.45, 2.75) is 31.8 Å². The maximum Gasteiger partial charge on any atom is 0.239 e. The Hall–Kier alpha value is -3.12. The Morgan fingerprint density at radius 3 is 2.20 bits per heavy atom. The molecule has 3 aliphatic heterocycles. The summed E-state index contributed by atoms with van der Waals surface area (Å²) in [6.45, 7) is 2.20. The van der Waals surface area contributed by atoms with Crippen LogP contribution in [0.2, 0.25) is 0 Å². The lowest BCUT2D eigenvalue weighted by Crippen LogP contribution is -2.46. The molecule has 2 aromatic carbocycles. The minimum Gasteiger partial charge on any atom is -0.295 e. The summed E-state index contributed by atoms with van der Waals surface area (Å²) in [5.74, 6) is -1.88. The van der Waals surface area contributed by atoms with Crippen LogP contribution in [-0.4, -0.2) is 46.9 Å².